The normalized spacial score (nSPS) is 22.4. The van der Waals surface area contributed by atoms with Gasteiger partial charge in [-0.1, -0.05) is 19.1 Å². The molecule has 0 spiro atoms. The van der Waals surface area contributed by atoms with Gasteiger partial charge in [-0.3, -0.25) is 4.79 Å². The number of para-hydroxylation sites is 1. The average Bonchev–Trinajstić information content (AvgIpc) is 3.11. The Hall–Kier alpha value is -1.46. The van der Waals surface area contributed by atoms with Crippen molar-refractivity contribution < 1.29 is 4.79 Å². The lowest BCUT2D eigenvalue weighted by Crippen LogP contribution is -2.45. The van der Waals surface area contributed by atoms with E-state index in [2.05, 4.69) is 27.8 Å². The van der Waals surface area contributed by atoms with Crippen LogP contribution < -0.4 is 0 Å². The minimum absolute atomic E-state index is 0.311. The van der Waals surface area contributed by atoms with Gasteiger partial charge in [0.1, 0.15) is 0 Å². The van der Waals surface area contributed by atoms with Gasteiger partial charge in [-0.2, -0.15) is 0 Å². The first-order valence-corrected chi connectivity index (χ1v) is 11.3. The molecule has 0 aliphatic carbocycles. The van der Waals surface area contributed by atoms with Crippen LogP contribution in [0.2, 0.25) is 0 Å². The predicted molar refractivity (Wildman–Crippen MR) is 112 cm³/mol. The lowest BCUT2D eigenvalue weighted by molar-refractivity contribution is -0.133. The summed E-state index contributed by atoms with van der Waals surface area (Å²) in [5, 5.41) is 1.08. The Kier molecular flexibility index (Phi) is 6.08. The number of aromatic nitrogens is 1. The van der Waals surface area contributed by atoms with Gasteiger partial charge < -0.3 is 9.80 Å². The van der Waals surface area contributed by atoms with Gasteiger partial charge in [0.05, 0.1) is 15.2 Å². The summed E-state index contributed by atoms with van der Waals surface area (Å²) < 4.78 is 1.22. The summed E-state index contributed by atoms with van der Waals surface area (Å²) in [6.45, 7) is 7.90. The molecule has 3 heterocycles. The van der Waals surface area contributed by atoms with E-state index in [0.29, 0.717) is 18.2 Å². The summed E-state index contributed by atoms with van der Waals surface area (Å²) in [6, 6.07) is 8.22. The van der Waals surface area contributed by atoms with Gasteiger partial charge in [0.2, 0.25) is 5.91 Å². The summed E-state index contributed by atoms with van der Waals surface area (Å²) >= 11 is 1.72. The fourth-order valence-corrected chi connectivity index (χ4v) is 5.42. The number of thiazole rings is 1. The molecule has 1 amide bonds. The van der Waals surface area contributed by atoms with E-state index in [9.17, 15) is 4.79 Å². The Balaban J connectivity index is 1.26. The van der Waals surface area contributed by atoms with E-state index in [1.165, 1.54) is 43.6 Å². The summed E-state index contributed by atoms with van der Waals surface area (Å²) in [6.07, 6.45) is 6.45. The van der Waals surface area contributed by atoms with Gasteiger partial charge in [-0.25, -0.2) is 4.98 Å². The first-order chi connectivity index (χ1) is 13.2. The van der Waals surface area contributed by atoms with Crippen LogP contribution >= 0.6 is 11.3 Å². The highest BCUT2D eigenvalue weighted by molar-refractivity contribution is 7.18. The highest BCUT2D eigenvalue weighted by Gasteiger charge is 2.26. The number of rotatable bonds is 5. The largest absolute Gasteiger partial charge is 0.342 e. The Morgan fingerprint density at radius 3 is 2.81 bits per heavy atom. The van der Waals surface area contributed by atoms with Crippen LogP contribution in [0.4, 0.5) is 0 Å². The number of hydrogen-bond acceptors (Lipinski definition) is 4. The van der Waals surface area contributed by atoms with Crippen molar-refractivity contribution in [2.24, 2.45) is 11.8 Å². The maximum absolute atomic E-state index is 12.8. The quantitative estimate of drug-likeness (QED) is 0.774. The molecule has 2 aromatic rings. The fraction of sp³-hybridized carbons (Fsp3) is 0.636. The molecule has 1 unspecified atom stereocenters. The molecule has 4 rings (SSSR count). The van der Waals surface area contributed by atoms with Crippen molar-refractivity contribution in [2.75, 3.05) is 32.7 Å². The number of benzene rings is 1. The molecule has 2 fully saturated rings. The average molecular weight is 386 g/mol. The molecular weight excluding hydrogens is 354 g/mol. The van der Waals surface area contributed by atoms with E-state index in [0.717, 1.165) is 42.4 Å². The van der Waals surface area contributed by atoms with Crippen LogP contribution in [-0.2, 0) is 11.2 Å². The van der Waals surface area contributed by atoms with Gasteiger partial charge >= 0.3 is 0 Å². The number of carbonyl (C=O) groups excluding carboxylic acids is 1. The number of fused-ring (bicyclic) bond motifs is 1. The van der Waals surface area contributed by atoms with Gasteiger partial charge in [0.25, 0.3) is 0 Å². The monoisotopic (exact) mass is 385 g/mol. The van der Waals surface area contributed by atoms with Crippen LogP contribution in [-0.4, -0.2) is 53.4 Å². The smallest absolute Gasteiger partial charge is 0.222 e. The molecule has 0 saturated carbocycles. The third-order valence-corrected chi connectivity index (χ3v) is 7.25. The maximum Gasteiger partial charge on any atom is 0.222 e. The Bertz CT molecular complexity index is 733. The van der Waals surface area contributed by atoms with Crippen LogP contribution in [0.3, 0.4) is 0 Å². The SMILES string of the molecule is CC1CCN(CC2CCCN(C(=O)CCc3nc4ccccc4s3)C2)CC1. The maximum atomic E-state index is 12.8. The zero-order valence-electron chi connectivity index (χ0n) is 16.4. The van der Waals surface area contributed by atoms with Crippen molar-refractivity contribution in [1.82, 2.24) is 14.8 Å². The molecule has 27 heavy (non-hydrogen) atoms. The summed E-state index contributed by atoms with van der Waals surface area (Å²) in [5.41, 5.74) is 1.05. The van der Waals surface area contributed by atoms with Crippen molar-refractivity contribution >= 4 is 27.5 Å². The number of carbonyl (C=O) groups is 1. The second-order valence-corrected chi connectivity index (χ2v) is 9.52. The number of aryl methyl sites for hydroxylation is 1. The van der Waals surface area contributed by atoms with Crippen LogP contribution in [0.15, 0.2) is 24.3 Å². The Morgan fingerprint density at radius 1 is 1.19 bits per heavy atom. The van der Waals surface area contributed by atoms with Crippen molar-refractivity contribution in [3.05, 3.63) is 29.3 Å². The van der Waals surface area contributed by atoms with Gasteiger partial charge in [-0.15, -0.1) is 11.3 Å². The zero-order chi connectivity index (χ0) is 18.6. The predicted octanol–water partition coefficient (Wildman–Crippen LogP) is 4.20. The van der Waals surface area contributed by atoms with Gasteiger partial charge in [0, 0.05) is 32.5 Å². The summed E-state index contributed by atoms with van der Waals surface area (Å²) in [5.74, 6) is 1.85. The van der Waals surface area contributed by atoms with E-state index < -0.39 is 0 Å². The van der Waals surface area contributed by atoms with Gasteiger partial charge in [-0.05, 0) is 62.7 Å². The molecule has 2 aliphatic heterocycles. The highest BCUT2D eigenvalue weighted by Crippen LogP contribution is 2.24. The molecule has 0 N–H and O–H groups in total. The van der Waals surface area contributed by atoms with E-state index in [1.807, 2.05) is 18.2 Å². The standard InChI is InChI=1S/C22H31N3OS/c1-17-10-13-24(14-11-17)15-18-5-4-12-25(16-18)22(26)9-8-21-23-19-6-2-3-7-20(19)27-21/h2-3,6-7,17-18H,4-5,8-16H2,1H3. The second kappa shape index (κ2) is 8.70. The molecule has 1 aromatic carbocycles. The first kappa shape index (κ1) is 18.9. The third-order valence-electron chi connectivity index (χ3n) is 6.16. The Morgan fingerprint density at radius 2 is 2.00 bits per heavy atom. The number of nitrogens with zero attached hydrogens (tertiary/aromatic N) is 3. The van der Waals surface area contributed by atoms with E-state index >= 15 is 0 Å². The van der Waals surface area contributed by atoms with Crippen LogP contribution in [0.1, 0.15) is 44.0 Å². The molecule has 2 aliphatic rings. The van der Waals surface area contributed by atoms with Gasteiger partial charge in [0.15, 0.2) is 0 Å². The molecular formula is C22H31N3OS. The molecule has 2 saturated heterocycles. The number of amides is 1. The zero-order valence-corrected chi connectivity index (χ0v) is 17.2. The third kappa shape index (κ3) is 4.88. The molecule has 4 nitrogen and oxygen atoms in total. The number of likely N-dealkylation sites (tertiary alicyclic amines) is 2. The number of piperidine rings is 2. The van der Waals surface area contributed by atoms with E-state index in [1.54, 1.807) is 11.3 Å². The van der Waals surface area contributed by atoms with Crippen molar-refractivity contribution in [3.8, 4) is 0 Å². The van der Waals surface area contributed by atoms with Crippen molar-refractivity contribution in [1.29, 1.82) is 0 Å². The van der Waals surface area contributed by atoms with Crippen LogP contribution in [0.5, 0.6) is 0 Å². The lowest BCUT2D eigenvalue weighted by atomic mass is 9.94. The minimum Gasteiger partial charge on any atom is -0.342 e. The summed E-state index contributed by atoms with van der Waals surface area (Å²) in [7, 11) is 0. The van der Waals surface area contributed by atoms with Crippen molar-refractivity contribution in [3.63, 3.8) is 0 Å². The van der Waals surface area contributed by atoms with Crippen molar-refractivity contribution in [2.45, 2.75) is 45.4 Å². The number of hydrogen-bond donors (Lipinski definition) is 0. The van der Waals surface area contributed by atoms with Crippen LogP contribution in [0, 0.1) is 11.8 Å². The topological polar surface area (TPSA) is 36.4 Å². The second-order valence-electron chi connectivity index (χ2n) is 8.41. The fourth-order valence-electron chi connectivity index (χ4n) is 4.45. The molecule has 5 heteroatoms. The molecule has 1 atom stereocenters. The minimum atomic E-state index is 0.311. The molecule has 146 valence electrons. The van der Waals surface area contributed by atoms with E-state index in [-0.39, 0.29) is 0 Å². The highest BCUT2D eigenvalue weighted by atomic mass is 32.1. The molecule has 1 aromatic heterocycles. The molecule has 0 radical (unpaired) electrons. The van der Waals surface area contributed by atoms with Crippen LogP contribution in [0.25, 0.3) is 10.2 Å². The first-order valence-electron chi connectivity index (χ1n) is 10.5. The van der Waals surface area contributed by atoms with E-state index in [4.69, 9.17) is 0 Å². The lowest BCUT2D eigenvalue weighted by Gasteiger charge is -2.38. The Labute approximate surface area is 166 Å². The summed E-state index contributed by atoms with van der Waals surface area (Å²) in [4.78, 5) is 22.2. The molecule has 0 bridgehead atoms.